The molecule has 1 N–H and O–H groups in total. The number of allylic oxidation sites excluding steroid dienone is 1. The summed E-state index contributed by atoms with van der Waals surface area (Å²) in [6.45, 7) is 3.00. The number of alkyl halides is 1. The van der Waals surface area contributed by atoms with Crippen molar-refractivity contribution in [3.05, 3.63) is 11.5 Å². The Balaban J connectivity index is 2.83. The minimum atomic E-state index is -1.20. The molecule has 76 valence electrons. The van der Waals surface area contributed by atoms with Gasteiger partial charge >= 0.3 is 0 Å². The fourth-order valence-electron chi connectivity index (χ4n) is 1.36. The second kappa shape index (κ2) is 3.50. The Bertz CT molecular complexity index is 344. The third kappa shape index (κ3) is 1.68. The van der Waals surface area contributed by atoms with Gasteiger partial charge in [0, 0.05) is 6.42 Å². The van der Waals surface area contributed by atoms with Crippen molar-refractivity contribution < 1.29 is 14.6 Å². The number of carbonyl (C=O) groups is 1. The minimum Gasteiger partial charge on any atom is -0.502 e. The van der Waals surface area contributed by atoms with Gasteiger partial charge in [-0.1, -0.05) is 0 Å². The number of nitriles is 1. The predicted octanol–water partition coefficient (Wildman–Crippen LogP) is 1.65. The lowest BCUT2D eigenvalue weighted by Crippen LogP contribution is -2.36. The van der Waals surface area contributed by atoms with E-state index in [1.54, 1.807) is 6.07 Å². The van der Waals surface area contributed by atoms with Gasteiger partial charge in [-0.2, -0.15) is 5.26 Å². The first-order valence-corrected chi connectivity index (χ1v) is 4.51. The van der Waals surface area contributed by atoms with Crippen LogP contribution in [0.3, 0.4) is 0 Å². The zero-order valence-electron chi connectivity index (χ0n) is 7.87. The van der Waals surface area contributed by atoms with Gasteiger partial charge in [-0.15, -0.1) is 11.6 Å². The molecule has 4 nitrogen and oxygen atoms in total. The van der Waals surface area contributed by atoms with Gasteiger partial charge in [0.15, 0.2) is 5.60 Å². The molecule has 0 spiro atoms. The molecule has 0 aromatic rings. The average Bonchev–Trinajstić information content (AvgIpc) is 2.30. The summed E-state index contributed by atoms with van der Waals surface area (Å²) in [4.78, 5) is 11.5. The minimum absolute atomic E-state index is 0.0608. The highest BCUT2D eigenvalue weighted by molar-refractivity contribution is 6.22. The van der Waals surface area contributed by atoms with Crippen molar-refractivity contribution >= 4 is 17.4 Å². The Morgan fingerprint density at radius 1 is 1.79 bits per heavy atom. The fraction of sp³-hybridized carbons (Fsp3) is 0.556. The SMILES string of the molecule is CC1=C(O)C(=O)C(C)(CC(Cl)C#N)O1. The van der Waals surface area contributed by atoms with Gasteiger partial charge in [0.1, 0.15) is 11.1 Å². The van der Waals surface area contributed by atoms with E-state index in [4.69, 9.17) is 21.6 Å². The number of nitrogens with zero attached hydrogens (tertiary/aromatic N) is 1. The number of aliphatic hydroxyl groups excluding tert-OH is 1. The van der Waals surface area contributed by atoms with Gasteiger partial charge in [0.25, 0.3) is 0 Å². The number of ether oxygens (including phenoxy) is 1. The Kier molecular flexibility index (Phi) is 2.72. The van der Waals surface area contributed by atoms with Crippen molar-refractivity contribution in [2.75, 3.05) is 0 Å². The summed E-state index contributed by atoms with van der Waals surface area (Å²) in [7, 11) is 0. The molecule has 2 atom stereocenters. The number of aliphatic hydroxyl groups is 1. The largest absolute Gasteiger partial charge is 0.502 e. The van der Waals surface area contributed by atoms with E-state index in [1.165, 1.54) is 13.8 Å². The predicted molar refractivity (Wildman–Crippen MR) is 49.7 cm³/mol. The summed E-state index contributed by atoms with van der Waals surface area (Å²) in [5.74, 6) is -0.718. The summed E-state index contributed by atoms with van der Waals surface area (Å²) in [6, 6.07) is 1.80. The molecule has 5 heteroatoms. The van der Waals surface area contributed by atoms with Crippen LogP contribution in [0.2, 0.25) is 0 Å². The Morgan fingerprint density at radius 3 is 2.71 bits per heavy atom. The highest BCUT2D eigenvalue weighted by atomic mass is 35.5. The Hall–Kier alpha value is -1.21. The number of hydrogen-bond donors (Lipinski definition) is 1. The molecule has 1 aliphatic rings. The van der Waals surface area contributed by atoms with Crippen LogP contribution >= 0.6 is 11.6 Å². The van der Waals surface area contributed by atoms with Crippen molar-refractivity contribution in [3.8, 4) is 6.07 Å². The van der Waals surface area contributed by atoms with E-state index in [-0.39, 0.29) is 17.9 Å². The highest BCUT2D eigenvalue weighted by Gasteiger charge is 2.45. The molecule has 1 aliphatic heterocycles. The zero-order chi connectivity index (χ0) is 10.9. The smallest absolute Gasteiger partial charge is 0.243 e. The second-order valence-corrected chi connectivity index (χ2v) is 3.89. The van der Waals surface area contributed by atoms with Crippen LogP contribution in [0.5, 0.6) is 0 Å². The molecule has 1 rings (SSSR count). The molecule has 0 bridgehead atoms. The summed E-state index contributed by atoms with van der Waals surface area (Å²) >= 11 is 5.60. The van der Waals surface area contributed by atoms with Gasteiger partial charge in [-0.25, -0.2) is 0 Å². The van der Waals surface area contributed by atoms with E-state index in [0.717, 1.165) is 0 Å². The number of ketones is 1. The molecular weight excluding hydrogens is 206 g/mol. The third-order valence-corrected chi connectivity index (χ3v) is 2.37. The Morgan fingerprint density at radius 2 is 2.36 bits per heavy atom. The lowest BCUT2D eigenvalue weighted by molar-refractivity contribution is -0.131. The van der Waals surface area contributed by atoms with Crippen LogP contribution in [0.4, 0.5) is 0 Å². The molecule has 0 fully saturated rings. The first kappa shape index (κ1) is 10.9. The molecule has 2 unspecified atom stereocenters. The number of Topliss-reactive ketones (excluding diaryl/α,β-unsaturated/α-hetero) is 1. The molecule has 0 saturated carbocycles. The van der Waals surface area contributed by atoms with Gasteiger partial charge in [-0.3, -0.25) is 4.79 Å². The molecule has 0 aromatic heterocycles. The van der Waals surface area contributed by atoms with Crippen molar-refractivity contribution in [2.45, 2.75) is 31.2 Å². The van der Waals surface area contributed by atoms with Crippen molar-refractivity contribution in [1.82, 2.24) is 0 Å². The highest BCUT2D eigenvalue weighted by Crippen LogP contribution is 2.33. The second-order valence-electron chi connectivity index (χ2n) is 3.37. The summed E-state index contributed by atoms with van der Waals surface area (Å²) in [6.07, 6.45) is 0.0608. The van der Waals surface area contributed by atoms with E-state index in [9.17, 15) is 9.90 Å². The molecule has 0 amide bonds. The molecule has 0 saturated heterocycles. The molecular formula is C9H10ClNO3. The lowest BCUT2D eigenvalue weighted by atomic mass is 9.95. The summed E-state index contributed by atoms with van der Waals surface area (Å²) in [5, 5.41) is 17.0. The number of rotatable bonds is 2. The Labute approximate surface area is 86.7 Å². The maximum Gasteiger partial charge on any atom is 0.243 e. The van der Waals surface area contributed by atoms with Crippen molar-refractivity contribution in [3.63, 3.8) is 0 Å². The van der Waals surface area contributed by atoms with Crippen LogP contribution < -0.4 is 0 Å². The maximum atomic E-state index is 11.5. The maximum absolute atomic E-state index is 11.5. The first-order valence-electron chi connectivity index (χ1n) is 4.08. The van der Waals surface area contributed by atoms with Crippen LogP contribution in [0.25, 0.3) is 0 Å². The van der Waals surface area contributed by atoms with Crippen LogP contribution in [0, 0.1) is 11.3 Å². The van der Waals surface area contributed by atoms with Crippen LogP contribution in [-0.4, -0.2) is 21.9 Å². The number of carbonyl (C=O) groups excluding carboxylic acids is 1. The van der Waals surface area contributed by atoms with Gasteiger partial charge < -0.3 is 9.84 Å². The van der Waals surface area contributed by atoms with Crippen molar-refractivity contribution in [2.24, 2.45) is 0 Å². The van der Waals surface area contributed by atoms with Gasteiger partial charge in [0.2, 0.25) is 11.5 Å². The van der Waals surface area contributed by atoms with E-state index in [0.29, 0.717) is 0 Å². The normalized spacial score (nSPS) is 28.6. The molecule has 1 heterocycles. The topological polar surface area (TPSA) is 70.3 Å². The number of hydrogen-bond acceptors (Lipinski definition) is 4. The number of halogens is 1. The van der Waals surface area contributed by atoms with Crippen LogP contribution in [-0.2, 0) is 9.53 Å². The molecule has 0 aromatic carbocycles. The average molecular weight is 216 g/mol. The van der Waals surface area contributed by atoms with E-state index in [1.807, 2.05) is 0 Å². The van der Waals surface area contributed by atoms with E-state index in [2.05, 4.69) is 0 Å². The lowest BCUT2D eigenvalue weighted by Gasteiger charge is -2.22. The fourth-order valence-corrected chi connectivity index (χ4v) is 1.66. The zero-order valence-corrected chi connectivity index (χ0v) is 8.63. The van der Waals surface area contributed by atoms with Gasteiger partial charge in [0.05, 0.1) is 6.07 Å². The third-order valence-electron chi connectivity index (χ3n) is 2.12. The molecule has 0 radical (unpaired) electrons. The monoisotopic (exact) mass is 215 g/mol. The van der Waals surface area contributed by atoms with E-state index < -0.39 is 16.8 Å². The quantitative estimate of drug-likeness (QED) is 0.711. The standard InChI is InChI=1S/C9H10ClNO3/c1-5-7(12)8(13)9(2,14-5)3-6(10)4-11/h6,12H,3H2,1-2H3. The van der Waals surface area contributed by atoms with Crippen molar-refractivity contribution in [1.29, 1.82) is 5.26 Å². The summed E-state index contributed by atoms with van der Waals surface area (Å²) in [5.41, 5.74) is -1.20. The van der Waals surface area contributed by atoms with E-state index >= 15 is 0 Å². The van der Waals surface area contributed by atoms with Gasteiger partial charge in [-0.05, 0) is 13.8 Å². The first-order chi connectivity index (χ1) is 6.40. The molecule has 14 heavy (non-hydrogen) atoms. The van der Waals surface area contributed by atoms with Crippen LogP contribution in [0.15, 0.2) is 11.5 Å². The summed E-state index contributed by atoms with van der Waals surface area (Å²) < 4.78 is 5.19. The molecule has 0 aliphatic carbocycles. The van der Waals surface area contributed by atoms with Crippen LogP contribution in [0.1, 0.15) is 20.3 Å².